The van der Waals surface area contributed by atoms with Gasteiger partial charge in [0.15, 0.2) is 5.72 Å². The fraction of sp³-hybridized carbons (Fsp3) is 0.667. The second-order valence-corrected chi connectivity index (χ2v) is 4.89. The minimum atomic E-state index is -1.82. The van der Waals surface area contributed by atoms with Crippen LogP contribution in [0.3, 0.4) is 0 Å². The third-order valence-corrected chi connectivity index (χ3v) is 3.55. The maximum absolute atomic E-state index is 12.1. The summed E-state index contributed by atoms with van der Waals surface area (Å²) in [6.07, 6.45) is -0.780. The lowest BCUT2D eigenvalue weighted by Crippen LogP contribution is -2.42. The Morgan fingerprint density at radius 2 is 2.41 bits per heavy atom. The zero-order chi connectivity index (χ0) is 16.3. The van der Waals surface area contributed by atoms with E-state index in [0.29, 0.717) is 6.61 Å². The highest BCUT2D eigenvalue weighted by atomic mass is 16.6. The van der Waals surface area contributed by atoms with E-state index < -0.39 is 36.3 Å². The van der Waals surface area contributed by atoms with Crippen molar-refractivity contribution in [3.05, 3.63) is 33.2 Å². The van der Waals surface area contributed by atoms with Gasteiger partial charge in [-0.15, -0.1) is 0 Å². The molecule has 2 N–H and O–H groups in total. The smallest absolute Gasteiger partial charge is 0.352 e. The first-order valence-corrected chi connectivity index (χ1v) is 6.74. The van der Waals surface area contributed by atoms with E-state index in [1.165, 1.54) is 12.3 Å². The number of hydrogen-bond acceptors (Lipinski definition) is 7. The molecule has 0 bridgehead atoms. The molecule has 10 nitrogen and oxygen atoms in total. The number of aromatic nitrogens is 2. The van der Waals surface area contributed by atoms with Crippen LogP contribution in [-0.2, 0) is 4.74 Å². The van der Waals surface area contributed by atoms with Crippen LogP contribution in [0, 0.1) is 5.92 Å². The maximum atomic E-state index is 12.1. The van der Waals surface area contributed by atoms with E-state index in [1.807, 2.05) is 0 Å². The molecule has 1 saturated heterocycles. The van der Waals surface area contributed by atoms with Crippen molar-refractivity contribution in [3.8, 4) is 5.88 Å². The molecule has 0 aliphatic carbocycles. The largest absolute Gasteiger partial charge is 0.478 e. The minimum Gasteiger partial charge on any atom is -0.478 e. The molecule has 2 rings (SSSR count). The number of azide groups is 1. The molecule has 120 valence electrons. The molecule has 0 saturated carbocycles. The molecule has 0 radical (unpaired) electrons. The van der Waals surface area contributed by atoms with E-state index in [0.717, 1.165) is 4.57 Å². The Kier molecular flexibility index (Phi) is 4.67. The Balaban J connectivity index is 2.38. The summed E-state index contributed by atoms with van der Waals surface area (Å²) < 4.78 is 11.8. The molecule has 1 aliphatic rings. The zero-order valence-corrected chi connectivity index (χ0v) is 12.2. The van der Waals surface area contributed by atoms with Gasteiger partial charge in [-0.3, -0.25) is 4.57 Å². The Morgan fingerprint density at radius 3 is 2.95 bits per heavy atom. The lowest BCUT2D eigenvalue weighted by molar-refractivity contribution is -0.124. The lowest BCUT2D eigenvalue weighted by atomic mass is 9.98. The van der Waals surface area contributed by atoms with Crippen LogP contribution >= 0.6 is 0 Å². The molecule has 22 heavy (non-hydrogen) atoms. The molecule has 0 unspecified atom stereocenters. The van der Waals surface area contributed by atoms with Crippen LogP contribution in [0.4, 0.5) is 0 Å². The van der Waals surface area contributed by atoms with Crippen LogP contribution < -0.4 is 10.4 Å². The van der Waals surface area contributed by atoms with E-state index in [9.17, 15) is 15.0 Å². The summed E-state index contributed by atoms with van der Waals surface area (Å²) in [6, 6.07) is 1.49. The monoisotopic (exact) mass is 311 g/mol. The van der Waals surface area contributed by atoms with Crippen molar-refractivity contribution >= 4 is 0 Å². The van der Waals surface area contributed by atoms with E-state index in [-0.39, 0.29) is 5.88 Å². The highest BCUT2D eigenvalue weighted by molar-refractivity contribution is 5.07. The summed E-state index contributed by atoms with van der Waals surface area (Å²) >= 11 is 0. The first-order valence-electron chi connectivity index (χ1n) is 6.74. The zero-order valence-electron chi connectivity index (χ0n) is 12.2. The molecular formula is C12H17N5O5. The highest BCUT2D eigenvalue weighted by Gasteiger charge is 2.53. The highest BCUT2D eigenvalue weighted by Crippen LogP contribution is 2.41. The average molecular weight is 311 g/mol. The number of hydrogen-bond donors (Lipinski definition) is 2. The third kappa shape index (κ3) is 2.64. The van der Waals surface area contributed by atoms with Crippen molar-refractivity contribution in [3.63, 3.8) is 0 Å². The van der Waals surface area contributed by atoms with Crippen LogP contribution in [0.25, 0.3) is 10.4 Å². The van der Waals surface area contributed by atoms with Crippen LogP contribution in [0.2, 0.25) is 0 Å². The Hall–Kier alpha value is -2.13. The molecule has 4 atom stereocenters. The first kappa shape index (κ1) is 16.2. The van der Waals surface area contributed by atoms with Gasteiger partial charge >= 0.3 is 5.69 Å². The molecule has 1 aromatic rings. The normalized spacial score (nSPS) is 30.8. The van der Waals surface area contributed by atoms with Crippen molar-refractivity contribution in [1.29, 1.82) is 0 Å². The van der Waals surface area contributed by atoms with Crippen LogP contribution in [0.1, 0.15) is 20.1 Å². The first-order chi connectivity index (χ1) is 10.5. The number of aliphatic hydroxyl groups is 2. The quantitative estimate of drug-likeness (QED) is 0.450. The Labute approximate surface area is 125 Å². The molecule has 1 fully saturated rings. The minimum absolute atomic E-state index is 0.179. The van der Waals surface area contributed by atoms with E-state index in [2.05, 4.69) is 15.0 Å². The molecule has 0 aromatic carbocycles. The average Bonchev–Trinajstić information content (AvgIpc) is 2.74. The standard InChI is InChI=1S/C12H17N5O5/c1-3-21-8-4-5-17(11(20)14-8)10-7(2)9(19)12(6-18,22-10)15-16-13/h4-5,7,9-10,18-19H,3,6H2,1-2H3/t7-,9-,10+,12+/m0/s1. The van der Waals surface area contributed by atoms with Gasteiger partial charge in [0, 0.05) is 23.1 Å². The van der Waals surface area contributed by atoms with Gasteiger partial charge in [0.05, 0.1) is 19.3 Å². The summed E-state index contributed by atoms with van der Waals surface area (Å²) in [4.78, 5) is 18.4. The summed E-state index contributed by atoms with van der Waals surface area (Å²) in [7, 11) is 0. The van der Waals surface area contributed by atoms with Gasteiger partial charge in [-0.1, -0.05) is 12.0 Å². The number of ether oxygens (including phenoxy) is 2. The van der Waals surface area contributed by atoms with Gasteiger partial charge < -0.3 is 19.7 Å². The molecule has 2 heterocycles. The van der Waals surface area contributed by atoms with Gasteiger partial charge in [-0.2, -0.15) is 4.98 Å². The predicted molar refractivity (Wildman–Crippen MR) is 73.9 cm³/mol. The van der Waals surface area contributed by atoms with Crippen molar-refractivity contribution in [1.82, 2.24) is 9.55 Å². The van der Waals surface area contributed by atoms with Gasteiger partial charge in [-0.25, -0.2) is 4.79 Å². The molecular weight excluding hydrogens is 294 g/mol. The fourth-order valence-electron chi connectivity index (χ4n) is 2.40. The van der Waals surface area contributed by atoms with Crippen LogP contribution in [0.5, 0.6) is 5.88 Å². The molecule has 10 heteroatoms. The Bertz CT molecular complexity index is 643. The fourth-order valence-corrected chi connectivity index (χ4v) is 2.40. The SMILES string of the molecule is CCOc1ccn([C@@H]2O[C@@](CO)(N=[N+]=[N-])[C@@H](O)[C@@H]2C)c(=O)n1. The summed E-state index contributed by atoms with van der Waals surface area (Å²) in [6.45, 7) is 3.04. The van der Waals surface area contributed by atoms with Gasteiger partial charge in [0.1, 0.15) is 6.23 Å². The summed E-state index contributed by atoms with van der Waals surface area (Å²) in [5, 5.41) is 23.0. The Morgan fingerprint density at radius 1 is 1.68 bits per heavy atom. The van der Waals surface area contributed by atoms with E-state index in [4.69, 9.17) is 15.0 Å². The lowest BCUT2D eigenvalue weighted by Gasteiger charge is -2.24. The number of nitrogens with zero attached hydrogens (tertiary/aromatic N) is 5. The van der Waals surface area contributed by atoms with Gasteiger partial charge in [0.2, 0.25) is 5.88 Å². The molecule has 1 aliphatic heterocycles. The molecule has 0 spiro atoms. The summed E-state index contributed by atoms with van der Waals surface area (Å²) in [5.41, 5.74) is 6.14. The molecule has 1 aromatic heterocycles. The van der Waals surface area contributed by atoms with Crippen LogP contribution in [-0.4, -0.2) is 44.8 Å². The van der Waals surface area contributed by atoms with Crippen molar-refractivity contribution < 1.29 is 19.7 Å². The van der Waals surface area contributed by atoms with Crippen molar-refractivity contribution in [2.45, 2.75) is 31.9 Å². The number of aliphatic hydroxyl groups excluding tert-OH is 2. The van der Waals surface area contributed by atoms with E-state index >= 15 is 0 Å². The third-order valence-electron chi connectivity index (χ3n) is 3.55. The van der Waals surface area contributed by atoms with Crippen molar-refractivity contribution in [2.75, 3.05) is 13.2 Å². The van der Waals surface area contributed by atoms with Gasteiger partial charge in [0.25, 0.3) is 0 Å². The second-order valence-electron chi connectivity index (χ2n) is 4.89. The maximum Gasteiger partial charge on any atom is 0.352 e. The number of rotatable bonds is 5. The van der Waals surface area contributed by atoms with Crippen molar-refractivity contribution in [2.24, 2.45) is 11.0 Å². The van der Waals surface area contributed by atoms with E-state index in [1.54, 1.807) is 13.8 Å². The van der Waals surface area contributed by atoms with Gasteiger partial charge in [-0.05, 0) is 12.5 Å². The topological polar surface area (TPSA) is 143 Å². The molecule has 0 amide bonds. The summed E-state index contributed by atoms with van der Waals surface area (Å²) in [5.74, 6) is -0.423. The predicted octanol–water partition coefficient (Wildman–Crippen LogP) is 0.167. The van der Waals surface area contributed by atoms with Crippen LogP contribution in [0.15, 0.2) is 22.2 Å². The second kappa shape index (κ2) is 6.32.